The molecule has 138 heavy (non-hydrogen) atoms. The van der Waals surface area contributed by atoms with Crippen LogP contribution in [0.15, 0.2) is 162 Å². The second kappa shape index (κ2) is 42.7. The van der Waals surface area contributed by atoms with E-state index in [-0.39, 0.29) is 123 Å². The smallest absolute Gasteiger partial charge is 0.355 e. The number of nitrogens with zero attached hydrogens (tertiary/aromatic N) is 7. The number of halogens is 9. The van der Waals surface area contributed by atoms with Gasteiger partial charge in [-0.15, -0.1) is 0 Å². The molecular weight excluding hydrogens is 1830 g/mol. The Morgan fingerprint density at radius 1 is 0.304 bits per heavy atom. The van der Waals surface area contributed by atoms with Crippen LogP contribution >= 0.6 is 27.5 Å². The molecule has 0 bridgehead atoms. The summed E-state index contributed by atoms with van der Waals surface area (Å²) in [6.07, 6.45) is -6.80. The molecule has 13 nitrogen and oxygen atoms in total. The first-order valence-corrected chi connectivity index (χ1v) is 48.9. The number of nitrogens with one attached hydrogen (secondary N) is 3. The Balaban J connectivity index is 0.000000226. The Bertz CT molecular complexity index is 5920. The number of hydrogen-bond acceptors (Lipinski definition) is 10. The van der Waals surface area contributed by atoms with Gasteiger partial charge < -0.3 is 16.0 Å². The minimum absolute atomic E-state index is 0.0200. The summed E-state index contributed by atoms with van der Waals surface area (Å²) >= 11 is 9.98. The summed E-state index contributed by atoms with van der Waals surface area (Å²) in [6.45, 7) is 81.2. The van der Waals surface area contributed by atoms with Gasteiger partial charge in [-0.25, -0.2) is 14.4 Å². The van der Waals surface area contributed by atoms with E-state index in [1.807, 2.05) is 54.7 Å². The maximum atomic E-state index is 14.4. The third-order valence-corrected chi connectivity index (χ3v) is 25.8. The minimum Gasteiger partial charge on any atom is -0.355 e. The van der Waals surface area contributed by atoms with Gasteiger partial charge in [0.2, 0.25) is 0 Å². The van der Waals surface area contributed by atoms with Gasteiger partial charge in [-0.05, 0) is 190 Å². The topological polar surface area (TPSA) is 178 Å². The van der Waals surface area contributed by atoms with Crippen LogP contribution in [0.5, 0.6) is 0 Å². The monoisotopic (exact) mass is 1980 g/mol. The lowest BCUT2D eigenvalue weighted by Gasteiger charge is -2.40. The molecule has 0 aliphatic carbocycles. The van der Waals surface area contributed by atoms with Gasteiger partial charge in [0.25, 0.3) is 17.7 Å². The number of para-hydroxylation sites is 1. The molecule has 0 radical (unpaired) electrons. The van der Waals surface area contributed by atoms with Gasteiger partial charge >= 0.3 is 12.4 Å². The van der Waals surface area contributed by atoms with Crippen molar-refractivity contribution in [3.63, 3.8) is 0 Å². The SMILES string of the molecule is CC(C)(C)C(c1ccc2c(C(F)(F)F)cccc2n1)C(C)(C)C.CC(C)(C)C(c1ccc2cccc(C(F)(F)F)c2n1)C(C)(C)C.CNC(=O)c1ccc(Br)c2nc(C(C(C)(C)C)C(C)(C)C)ccc12.CNC(=O)c1ccc(Cl)c2nc(C(C(C)(C)C)C(C)(C)C)ccc12.CNC(=O)c1ccc(F)c2nc(C(C(C)(C)C)C(C)(C)C)ccc12.Cc1ccc2nc(C(C(C)(C)C)C(C)(C)C)cnc2c1. The average Bonchev–Trinajstić information content (AvgIpc) is 0.773. The zero-order valence-electron chi connectivity index (χ0n) is 89.7. The van der Waals surface area contributed by atoms with Crippen LogP contribution < -0.4 is 16.0 Å². The molecule has 12 rings (SSSR count). The first kappa shape index (κ1) is 115. The summed E-state index contributed by atoms with van der Waals surface area (Å²) in [5, 5.41) is 11.4. The van der Waals surface area contributed by atoms with Crippen LogP contribution in [-0.4, -0.2) is 73.8 Å². The molecule has 0 fully saturated rings. The third kappa shape index (κ3) is 28.9. The lowest BCUT2D eigenvalue weighted by atomic mass is 9.65. The quantitative estimate of drug-likeness (QED) is 0.118. The zero-order valence-corrected chi connectivity index (χ0v) is 92.1. The van der Waals surface area contributed by atoms with E-state index in [4.69, 9.17) is 26.6 Å². The number of aryl methyl sites for hydroxylation is 1. The van der Waals surface area contributed by atoms with Crippen molar-refractivity contribution in [2.24, 2.45) is 65.0 Å². The van der Waals surface area contributed by atoms with Crippen LogP contribution in [0, 0.1) is 77.7 Å². The number of benzene rings is 6. The summed E-state index contributed by atoms with van der Waals surface area (Å²) < 4.78 is 94.5. The molecular formula is C116H155BrClF7N10O3. The van der Waals surface area contributed by atoms with Crippen LogP contribution in [-0.2, 0) is 12.4 Å². The Hall–Kier alpha value is -9.60. The van der Waals surface area contributed by atoms with Crippen LogP contribution in [0.25, 0.3) is 65.5 Å². The van der Waals surface area contributed by atoms with Crippen molar-refractivity contribution in [2.45, 2.75) is 304 Å². The van der Waals surface area contributed by atoms with Crippen molar-refractivity contribution < 1.29 is 45.1 Å². The molecule has 0 spiro atoms. The van der Waals surface area contributed by atoms with Gasteiger partial charge in [0.1, 0.15) is 11.3 Å². The van der Waals surface area contributed by atoms with Gasteiger partial charge in [-0.1, -0.05) is 315 Å². The molecule has 0 saturated carbocycles. The third-order valence-electron chi connectivity index (χ3n) is 24.9. The Morgan fingerprint density at radius 3 is 0.993 bits per heavy atom. The fourth-order valence-electron chi connectivity index (χ4n) is 22.6. The van der Waals surface area contributed by atoms with Gasteiger partial charge in [0.15, 0.2) is 0 Å². The zero-order chi connectivity index (χ0) is 105. The first-order valence-electron chi connectivity index (χ1n) is 47.7. The molecule has 6 heterocycles. The summed E-state index contributed by atoms with van der Waals surface area (Å²) in [7, 11) is 4.83. The highest BCUT2D eigenvalue weighted by Gasteiger charge is 2.45. The molecule has 0 saturated heterocycles. The second-order valence-electron chi connectivity index (χ2n) is 49.9. The fraction of sp³-hybridized carbons (Fsp3) is 0.517. The minimum atomic E-state index is -4.40. The Kier molecular flexibility index (Phi) is 35.7. The fourth-order valence-corrected chi connectivity index (χ4v) is 23.2. The molecule has 3 amide bonds. The van der Waals surface area contributed by atoms with Crippen molar-refractivity contribution in [3.8, 4) is 0 Å². The van der Waals surface area contributed by atoms with Crippen LogP contribution in [0.1, 0.15) is 367 Å². The summed E-state index contributed by atoms with van der Waals surface area (Å²) in [5.41, 5.74) is 11.7. The van der Waals surface area contributed by atoms with E-state index < -0.39 is 29.3 Å². The van der Waals surface area contributed by atoms with E-state index in [9.17, 15) is 45.1 Å². The van der Waals surface area contributed by atoms with Crippen LogP contribution in [0.2, 0.25) is 5.02 Å². The normalized spacial score (nSPS) is 13.2. The van der Waals surface area contributed by atoms with E-state index in [0.29, 0.717) is 61.0 Å². The van der Waals surface area contributed by atoms with Crippen molar-refractivity contribution >= 4 is 111 Å². The first-order chi connectivity index (χ1) is 62.6. The highest BCUT2D eigenvalue weighted by molar-refractivity contribution is 9.10. The molecule has 6 aromatic heterocycles. The summed E-state index contributed by atoms with van der Waals surface area (Å²) in [6, 6.07) is 43.4. The molecule has 22 heteroatoms. The molecule has 12 aromatic rings. The molecule has 0 unspecified atom stereocenters. The molecule has 0 aliphatic heterocycles. The number of hydrogen-bond donors (Lipinski definition) is 3. The molecule has 3 N–H and O–H groups in total. The van der Waals surface area contributed by atoms with E-state index in [1.165, 1.54) is 29.8 Å². The number of aromatic nitrogens is 7. The van der Waals surface area contributed by atoms with Gasteiger partial charge in [-0.3, -0.25) is 39.3 Å². The largest absolute Gasteiger partial charge is 0.418 e. The second-order valence-corrected chi connectivity index (χ2v) is 51.2. The molecule has 6 aromatic carbocycles. The maximum Gasteiger partial charge on any atom is 0.418 e. The van der Waals surface area contributed by atoms with E-state index in [0.717, 1.165) is 72.4 Å². The number of carbonyl (C=O) groups is 3. The predicted molar refractivity (Wildman–Crippen MR) is 566 cm³/mol. The number of pyridine rings is 5. The maximum absolute atomic E-state index is 14.4. The number of fused-ring (bicyclic) bond motifs is 6. The van der Waals surface area contributed by atoms with Crippen molar-refractivity contribution in [1.82, 2.24) is 50.8 Å². The Labute approximate surface area is 832 Å². The van der Waals surface area contributed by atoms with E-state index in [2.05, 4.69) is 332 Å². The lowest BCUT2D eigenvalue weighted by molar-refractivity contribution is -0.137. The van der Waals surface area contributed by atoms with Gasteiger partial charge in [0.05, 0.1) is 54.9 Å². The molecule has 0 aliphatic rings. The van der Waals surface area contributed by atoms with Crippen molar-refractivity contribution in [1.29, 1.82) is 0 Å². The van der Waals surface area contributed by atoms with Crippen LogP contribution in [0.4, 0.5) is 30.7 Å². The van der Waals surface area contributed by atoms with E-state index in [1.54, 1.807) is 63.6 Å². The highest BCUT2D eigenvalue weighted by atomic mass is 79.9. The number of carbonyl (C=O) groups excluding carboxylic acids is 3. The molecule has 0 atom stereocenters. The standard InChI is InChI=1S/C20H27BrN2O.C20H27ClN2O.C20H27FN2O.2C19H24F3N.C18H26N2/c3*1-19(2,3)17(20(4,5)6)15-11-9-12-13(18(24)22-7)8-10-14(21)16(12)23-15;1-17(2,3)16(18(4,5)6)15-11-10-12-13(19(20,21)22)8-7-9-14(12)23-15;1-17(2,3)16(18(4,5)6)14-11-10-12-8-7-9-13(15(12)23-14)19(20,21)22;1-12-8-9-13-14(10-12)19-11-15(20-13)16(17(2,3)4)18(5,6)7/h3*8-11,17H,1-7H3,(H,22,24);2*7-11,16H,1-6H3;8-11,16H,1-7H3. The average molecular weight is 1990 g/mol. The Morgan fingerprint density at radius 2 is 0.609 bits per heavy atom. The van der Waals surface area contributed by atoms with Gasteiger partial charge in [0, 0.05) is 139 Å². The summed E-state index contributed by atoms with van der Waals surface area (Å²) in [5.74, 6) is 0.387. The highest BCUT2D eigenvalue weighted by Crippen LogP contribution is 2.54. The number of alkyl halides is 6. The van der Waals surface area contributed by atoms with Gasteiger partial charge in [-0.2, -0.15) is 26.3 Å². The molecule has 750 valence electrons. The number of amides is 3. The van der Waals surface area contributed by atoms with E-state index >= 15 is 0 Å². The predicted octanol–water partition coefficient (Wildman–Crippen LogP) is 33.8. The van der Waals surface area contributed by atoms with Crippen LogP contribution in [0.3, 0.4) is 0 Å². The lowest BCUT2D eigenvalue weighted by Crippen LogP contribution is -2.31. The van der Waals surface area contributed by atoms with Crippen molar-refractivity contribution in [3.05, 3.63) is 241 Å². The summed E-state index contributed by atoms with van der Waals surface area (Å²) in [4.78, 5) is 69.2. The van der Waals surface area contributed by atoms with Crippen molar-refractivity contribution in [2.75, 3.05) is 21.1 Å². The number of rotatable bonds is 9.